The Bertz CT molecular complexity index is 643. The summed E-state index contributed by atoms with van der Waals surface area (Å²) >= 11 is 7.02. The number of amides is 3. The fourth-order valence-corrected chi connectivity index (χ4v) is 4.18. The van der Waals surface area contributed by atoms with Crippen molar-refractivity contribution in [1.29, 1.82) is 0 Å². The lowest BCUT2D eigenvalue weighted by atomic mass is 10.0. The van der Waals surface area contributed by atoms with Crippen molar-refractivity contribution in [3.63, 3.8) is 0 Å². The maximum Gasteiger partial charge on any atom is 0.289 e. The molecule has 2 fully saturated rings. The van der Waals surface area contributed by atoms with Crippen LogP contribution in [0.1, 0.15) is 24.8 Å². The highest BCUT2D eigenvalue weighted by atomic mass is 35.5. The predicted octanol–water partition coefficient (Wildman–Crippen LogP) is 2.96. The van der Waals surface area contributed by atoms with E-state index < -0.39 is 0 Å². The van der Waals surface area contributed by atoms with Crippen LogP contribution in [0.25, 0.3) is 0 Å². The summed E-state index contributed by atoms with van der Waals surface area (Å²) in [5.41, 5.74) is 1.05. The van der Waals surface area contributed by atoms with Gasteiger partial charge in [0.25, 0.3) is 5.24 Å². The van der Waals surface area contributed by atoms with Gasteiger partial charge in [-0.15, -0.1) is 0 Å². The van der Waals surface area contributed by atoms with Crippen molar-refractivity contribution in [3.8, 4) is 0 Å². The average Bonchev–Trinajstić information content (AvgIpc) is 2.92. The molecule has 3 amide bonds. The summed E-state index contributed by atoms with van der Waals surface area (Å²) in [4.78, 5) is 39.1. The zero-order valence-electron chi connectivity index (χ0n) is 13.2. The quantitative estimate of drug-likeness (QED) is 0.822. The standard InChI is InChI=1S/C17H19ClN2O3S/c18-13-3-1-2-12(10-13)4-5-15(21)19-8-6-14(7-9-19)20-16(22)11-24-17(20)23/h1-3,10,14H,4-9,11H2. The summed E-state index contributed by atoms with van der Waals surface area (Å²) in [6.07, 6.45) is 2.45. The second-order valence-electron chi connectivity index (χ2n) is 6.06. The van der Waals surface area contributed by atoms with Crippen molar-refractivity contribution in [2.24, 2.45) is 0 Å². The van der Waals surface area contributed by atoms with Crippen LogP contribution < -0.4 is 0 Å². The second kappa shape index (κ2) is 7.57. The Balaban J connectivity index is 1.48. The molecule has 5 nitrogen and oxygen atoms in total. The number of rotatable bonds is 4. The SMILES string of the molecule is O=C(CCc1cccc(Cl)c1)N1CCC(N2C(=O)CSC2=O)CC1. The summed E-state index contributed by atoms with van der Waals surface area (Å²) in [6, 6.07) is 7.49. The normalized spacial score (nSPS) is 19.2. The number of nitrogens with zero attached hydrogens (tertiary/aromatic N) is 2. The number of halogens is 1. The van der Waals surface area contributed by atoms with E-state index in [0.29, 0.717) is 43.8 Å². The monoisotopic (exact) mass is 366 g/mol. The van der Waals surface area contributed by atoms with Gasteiger partial charge in [0.1, 0.15) is 0 Å². The smallest absolute Gasteiger partial charge is 0.289 e. The van der Waals surface area contributed by atoms with Crippen molar-refractivity contribution < 1.29 is 14.4 Å². The summed E-state index contributed by atoms with van der Waals surface area (Å²) < 4.78 is 0. The Hall–Kier alpha value is -1.53. The van der Waals surface area contributed by atoms with Gasteiger partial charge in [0, 0.05) is 30.6 Å². The third kappa shape index (κ3) is 3.92. The van der Waals surface area contributed by atoms with Crippen LogP contribution in [0.2, 0.25) is 5.02 Å². The van der Waals surface area contributed by atoms with Gasteiger partial charge >= 0.3 is 0 Å². The van der Waals surface area contributed by atoms with Gasteiger partial charge in [-0.05, 0) is 37.0 Å². The minimum atomic E-state index is -0.147. The van der Waals surface area contributed by atoms with E-state index in [2.05, 4.69) is 0 Å². The fourth-order valence-electron chi connectivity index (χ4n) is 3.19. The molecule has 0 atom stereocenters. The molecule has 0 saturated carbocycles. The molecule has 0 radical (unpaired) electrons. The number of carbonyl (C=O) groups excluding carboxylic acids is 3. The second-order valence-corrected chi connectivity index (χ2v) is 7.42. The summed E-state index contributed by atoms with van der Waals surface area (Å²) in [7, 11) is 0. The van der Waals surface area contributed by atoms with E-state index in [0.717, 1.165) is 17.3 Å². The Morgan fingerprint density at radius 3 is 2.62 bits per heavy atom. The van der Waals surface area contributed by atoms with Crippen molar-refractivity contribution in [2.45, 2.75) is 31.7 Å². The fraction of sp³-hybridized carbons (Fsp3) is 0.471. The van der Waals surface area contributed by atoms with E-state index in [-0.39, 0.29) is 28.8 Å². The van der Waals surface area contributed by atoms with Crippen LogP contribution in [-0.2, 0) is 16.0 Å². The lowest BCUT2D eigenvalue weighted by Crippen LogP contribution is -2.48. The Morgan fingerprint density at radius 1 is 1.25 bits per heavy atom. The minimum absolute atomic E-state index is 0.0584. The molecule has 2 saturated heterocycles. The molecular formula is C17H19ClN2O3S. The molecule has 0 N–H and O–H groups in total. The number of thioether (sulfide) groups is 1. The third-order valence-corrected chi connectivity index (χ3v) is 5.55. The number of benzene rings is 1. The molecule has 0 aliphatic carbocycles. The van der Waals surface area contributed by atoms with Gasteiger partial charge in [0.15, 0.2) is 0 Å². The number of likely N-dealkylation sites (tertiary alicyclic amines) is 1. The van der Waals surface area contributed by atoms with Gasteiger partial charge in [-0.1, -0.05) is 35.5 Å². The van der Waals surface area contributed by atoms with Crippen LogP contribution in [0.4, 0.5) is 4.79 Å². The first-order valence-corrected chi connectivity index (χ1v) is 9.42. The molecule has 2 aliphatic heterocycles. The highest BCUT2D eigenvalue weighted by Crippen LogP contribution is 2.27. The lowest BCUT2D eigenvalue weighted by molar-refractivity contribution is -0.133. The zero-order valence-corrected chi connectivity index (χ0v) is 14.8. The van der Waals surface area contributed by atoms with Gasteiger partial charge in [-0.25, -0.2) is 0 Å². The van der Waals surface area contributed by atoms with E-state index in [1.54, 1.807) is 0 Å². The summed E-state index contributed by atoms with van der Waals surface area (Å²) in [5, 5.41) is 0.532. The molecule has 128 valence electrons. The highest BCUT2D eigenvalue weighted by molar-refractivity contribution is 8.14. The van der Waals surface area contributed by atoms with Crippen molar-refractivity contribution in [3.05, 3.63) is 34.9 Å². The summed E-state index contributed by atoms with van der Waals surface area (Å²) in [5.74, 6) is 0.259. The molecule has 0 bridgehead atoms. The molecule has 0 unspecified atom stereocenters. The highest BCUT2D eigenvalue weighted by Gasteiger charge is 2.37. The van der Waals surface area contributed by atoms with Crippen LogP contribution in [0.5, 0.6) is 0 Å². The molecule has 1 aromatic carbocycles. The number of imide groups is 1. The molecule has 24 heavy (non-hydrogen) atoms. The zero-order chi connectivity index (χ0) is 17.1. The summed E-state index contributed by atoms with van der Waals surface area (Å²) in [6.45, 7) is 1.20. The molecule has 0 spiro atoms. The number of piperidine rings is 1. The minimum Gasteiger partial charge on any atom is -0.343 e. The van der Waals surface area contributed by atoms with Gasteiger partial charge in [-0.2, -0.15) is 0 Å². The van der Waals surface area contributed by atoms with E-state index >= 15 is 0 Å². The molecule has 2 aliphatic rings. The Labute approximate surface area is 150 Å². The molecule has 2 heterocycles. The Kier molecular flexibility index (Phi) is 5.46. The van der Waals surface area contributed by atoms with Crippen LogP contribution in [0.3, 0.4) is 0 Å². The van der Waals surface area contributed by atoms with E-state index in [1.807, 2.05) is 29.2 Å². The van der Waals surface area contributed by atoms with Crippen molar-refractivity contribution in [1.82, 2.24) is 9.80 Å². The topological polar surface area (TPSA) is 57.7 Å². The van der Waals surface area contributed by atoms with Gasteiger partial charge < -0.3 is 4.90 Å². The first-order valence-electron chi connectivity index (χ1n) is 8.05. The molecule has 7 heteroatoms. The molecular weight excluding hydrogens is 348 g/mol. The number of hydrogen-bond donors (Lipinski definition) is 0. The van der Waals surface area contributed by atoms with E-state index in [9.17, 15) is 14.4 Å². The Morgan fingerprint density at radius 2 is 2.00 bits per heavy atom. The third-order valence-electron chi connectivity index (χ3n) is 4.48. The van der Waals surface area contributed by atoms with Crippen LogP contribution in [-0.4, -0.2) is 51.7 Å². The average molecular weight is 367 g/mol. The number of aryl methyl sites for hydroxylation is 1. The van der Waals surface area contributed by atoms with Crippen molar-refractivity contribution >= 4 is 40.4 Å². The number of carbonyl (C=O) groups is 3. The van der Waals surface area contributed by atoms with Gasteiger partial charge in [0.2, 0.25) is 11.8 Å². The number of hydrogen-bond acceptors (Lipinski definition) is 4. The van der Waals surface area contributed by atoms with E-state index in [1.165, 1.54) is 4.90 Å². The maximum absolute atomic E-state index is 12.4. The first-order chi connectivity index (χ1) is 11.5. The van der Waals surface area contributed by atoms with Crippen LogP contribution in [0.15, 0.2) is 24.3 Å². The van der Waals surface area contributed by atoms with Crippen molar-refractivity contribution in [2.75, 3.05) is 18.8 Å². The van der Waals surface area contributed by atoms with Crippen LogP contribution >= 0.6 is 23.4 Å². The van der Waals surface area contributed by atoms with Gasteiger partial charge in [0.05, 0.1) is 5.75 Å². The molecule has 0 aromatic heterocycles. The van der Waals surface area contributed by atoms with Gasteiger partial charge in [-0.3, -0.25) is 19.3 Å². The molecule has 1 aromatic rings. The van der Waals surface area contributed by atoms with E-state index in [4.69, 9.17) is 11.6 Å². The largest absolute Gasteiger partial charge is 0.343 e. The molecule has 3 rings (SSSR count). The predicted molar refractivity (Wildman–Crippen MR) is 94.1 cm³/mol. The lowest BCUT2D eigenvalue weighted by Gasteiger charge is -2.35. The first kappa shape index (κ1) is 17.3. The maximum atomic E-state index is 12.4. The van der Waals surface area contributed by atoms with Crippen LogP contribution in [0, 0.1) is 0 Å².